The molecule has 0 aliphatic carbocycles. The molecule has 5 nitrogen and oxygen atoms in total. The molecule has 0 aliphatic heterocycles. The van der Waals surface area contributed by atoms with E-state index in [0.717, 1.165) is 5.56 Å². The monoisotopic (exact) mass is 416 g/mol. The normalized spacial score (nSPS) is 10.8. The molecule has 0 spiro atoms. The van der Waals surface area contributed by atoms with E-state index in [4.69, 9.17) is 9.47 Å². The molecule has 0 aliphatic rings. The number of carbonyl (C=O) groups is 1. The SMILES string of the molecule is COc1cc(/C=C(\C#N)C(=O)Nc2ccc(C)cc2)ccc1OCc1ccccc1F. The van der Waals surface area contributed by atoms with Crippen molar-refractivity contribution < 1.29 is 18.7 Å². The molecule has 3 aromatic rings. The molecule has 0 bridgehead atoms. The number of nitriles is 1. The molecule has 1 N–H and O–H groups in total. The maximum atomic E-state index is 13.8. The van der Waals surface area contributed by atoms with Crippen LogP contribution in [0.1, 0.15) is 16.7 Å². The molecule has 6 heteroatoms. The van der Waals surface area contributed by atoms with Gasteiger partial charge in [0.15, 0.2) is 11.5 Å². The largest absolute Gasteiger partial charge is 0.493 e. The Morgan fingerprint density at radius 3 is 2.52 bits per heavy atom. The van der Waals surface area contributed by atoms with Crippen LogP contribution in [0.25, 0.3) is 6.08 Å². The van der Waals surface area contributed by atoms with Gasteiger partial charge in [0, 0.05) is 11.3 Å². The lowest BCUT2D eigenvalue weighted by Crippen LogP contribution is -2.13. The van der Waals surface area contributed by atoms with Crippen LogP contribution in [-0.2, 0) is 11.4 Å². The minimum atomic E-state index is -0.509. The Morgan fingerprint density at radius 2 is 1.84 bits per heavy atom. The average Bonchev–Trinajstić information content (AvgIpc) is 2.78. The van der Waals surface area contributed by atoms with Crippen molar-refractivity contribution in [1.82, 2.24) is 0 Å². The van der Waals surface area contributed by atoms with Crippen LogP contribution in [0, 0.1) is 24.1 Å². The van der Waals surface area contributed by atoms with E-state index in [1.54, 1.807) is 48.5 Å². The number of benzene rings is 3. The van der Waals surface area contributed by atoms with Gasteiger partial charge in [0.2, 0.25) is 0 Å². The molecule has 156 valence electrons. The zero-order valence-electron chi connectivity index (χ0n) is 17.2. The number of ether oxygens (including phenoxy) is 2. The summed E-state index contributed by atoms with van der Waals surface area (Å²) in [6.45, 7) is 1.99. The summed E-state index contributed by atoms with van der Waals surface area (Å²) in [4.78, 5) is 12.5. The van der Waals surface area contributed by atoms with E-state index in [1.807, 2.05) is 25.1 Å². The molecule has 0 saturated carbocycles. The maximum Gasteiger partial charge on any atom is 0.266 e. The molecule has 31 heavy (non-hydrogen) atoms. The Kier molecular flexibility index (Phi) is 7.02. The molecule has 0 radical (unpaired) electrons. The standard InChI is InChI=1S/C25H21FN2O3/c1-17-7-10-21(11-8-17)28-25(29)20(15-27)13-18-9-12-23(24(14-18)30-2)31-16-19-5-3-4-6-22(19)26/h3-14H,16H2,1-2H3,(H,28,29)/b20-13+. The molecule has 0 atom stereocenters. The van der Waals surface area contributed by atoms with E-state index < -0.39 is 5.91 Å². The van der Waals surface area contributed by atoms with E-state index in [1.165, 1.54) is 19.3 Å². The third-order valence-electron chi connectivity index (χ3n) is 4.51. The van der Waals surface area contributed by atoms with Crippen molar-refractivity contribution in [2.24, 2.45) is 0 Å². The van der Waals surface area contributed by atoms with E-state index in [0.29, 0.717) is 28.3 Å². The number of nitrogens with one attached hydrogen (secondary N) is 1. The summed E-state index contributed by atoms with van der Waals surface area (Å²) in [6, 6.07) is 20.6. The first-order chi connectivity index (χ1) is 15.0. The third-order valence-corrected chi connectivity index (χ3v) is 4.51. The maximum absolute atomic E-state index is 13.8. The molecular formula is C25H21FN2O3. The van der Waals surface area contributed by atoms with Gasteiger partial charge in [-0.25, -0.2) is 4.39 Å². The van der Waals surface area contributed by atoms with Crippen LogP contribution >= 0.6 is 0 Å². The van der Waals surface area contributed by atoms with Crippen LogP contribution in [0.2, 0.25) is 0 Å². The second kappa shape index (κ2) is 10.1. The predicted molar refractivity (Wildman–Crippen MR) is 117 cm³/mol. The summed E-state index contributed by atoms with van der Waals surface area (Å²) in [5, 5.41) is 12.1. The number of hydrogen-bond acceptors (Lipinski definition) is 4. The number of methoxy groups -OCH3 is 1. The Balaban J connectivity index is 1.75. The van der Waals surface area contributed by atoms with Crippen molar-refractivity contribution in [2.75, 3.05) is 12.4 Å². The van der Waals surface area contributed by atoms with Crippen molar-refractivity contribution in [1.29, 1.82) is 5.26 Å². The lowest BCUT2D eigenvalue weighted by atomic mass is 10.1. The van der Waals surface area contributed by atoms with Gasteiger partial charge < -0.3 is 14.8 Å². The van der Waals surface area contributed by atoms with Crippen LogP contribution in [0.3, 0.4) is 0 Å². The summed E-state index contributed by atoms with van der Waals surface area (Å²) in [5.74, 6) is -0.0312. The van der Waals surface area contributed by atoms with Gasteiger partial charge in [-0.1, -0.05) is 42.0 Å². The summed E-state index contributed by atoms with van der Waals surface area (Å²) in [5.41, 5.74) is 2.63. The molecule has 0 unspecified atom stereocenters. The van der Waals surface area contributed by atoms with E-state index >= 15 is 0 Å². The van der Waals surface area contributed by atoms with Crippen LogP contribution in [0.15, 0.2) is 72.3 Å². The van der Waals surface area contributed by atoms with Crippen molar-refractivity contribution in [3.05, 3.63) is 94.8 Å². The van der Waals surface area contributed by atoms with Crippen molar-refractivity contribution in [3.63, 3.8) is 0 Å². The van der Waals surface area contributed by atoms with Crippen molar-refractivity contribution in [3.8, 4) is 17.6 Å². The summed E-state index contributed by atoms with van der Waals surface area (Å²) >= 11 is 0. The van der Waals surface area contributed by atoms with Crippen LogP contribution in [-0.4, -0.2) is 13.0 Å². The quantitative estimate of drug-likeness (QED) is 0.421. The molecule has 3 rings (SSSR count). The second-order valence-electron chi connectivity index (χ2n) is 6.78. The fourth-order valence-electron chi connectivity index (χ4n) is 2.81. The van der Waals surface area contributed by atoms with Gasteiger partial charge in [0.25, 0.3) is 5.91 Å². The summed E-state index contributed by atoms with van der Waals surface area (Å²) in [6.07, 6.45) is 1.46. The predicted octanol–water partition coefficient (Wildman–Crippen LogP) is 5.27. The fourth-order valence-corrected chi connectivity index (χ4v) is 2.81. The smallest absolute Gasteiger partial charge is 0.266 e. The first-order valence-electron chi connectivity index (χ1n) is 9.54. The van der Waals surface area contributed by atoms with Gasteiger partial charge in [-0.2, -0.15) is 5.26 Å². The first-order valence-corrected chi connectivity index (χ1v) is 9.54. The third kappa shape index (κ3) is 5.71. The minimum absolute atomic E-state index is 0.0423. The highest BCUT2D eigenvalue weighted by Gasteiger charge is 2.12. The summed E-state index contributed by atoms with van der Waals surface area (Å²) < 4.78 is 24.8. The lowest BCUT2D eigenvalue weighted by Gasteiger charge is -2.12. The zero-order chi connectivity index (χ0) is 22.2. The number of carbonyl (C=O) groups excluding carboxylic acids is 1. The number of halogens is 1. The van der Waals surface area contributed by atoms with Crippen LogP contribution < -0.4 is 14.8 Å². The van der Waals surface area contributed by atoms with Gasteiger partial charge in [0.1, 0.15) is 24.1 Å². The number of hydrogen-bond donors (Lipinski definition) is 1. The molecule has 1 amide bonds. The topological polar surface area (TPSA) is 71.3 Å². The Bertz CT molecular complexity index is 1150. The Hall–Kier alpha value is -4.11. The molecule has 0 heterocycles. The number of nitrogens with zero attached hydrogens (tertiary/aromatic N) is 1. The molecule has 0 aromatic heterocycles. The number of amides is 1. The molecule has 3 aromatic carbocycles. The Labute approximate surface area is 180 Å². The van der Waals surface area contributed by atoms with Gasteiger partial charge in [-0.15, -0.1) is 0 Å². The second-order valence-corrected chi connectivity index (χ2v) is 6.78. The highest BCUT2D eigenvalue weighted by molar-refractivity contribution is 6.09. The first kappa shape index (κ1) is 21.6. The van der Waals surface area contributed by atoms with Crippen molar-refractivity contribution in [2.45, 2.75) is 13.5 Å². The molecule has 0 fully saturated rings. The van der Waals surface area contributed by atoms with Gasteiger partial charge >= 0.3 is 0 Å². The number of anilines is 1. The molecular weight excluding hydrogens is 395 g/mol. The fraction of sp³-hybridized carbons (Fsp3) is 0.120. The van der Waals surface area contributed by atoms with Gasteiger partial charge in [0.05, 0.1) is 7.11 Å². The van der Waals surface area contributed by atoms with Gasteiger partial charge in [-0.3, -0.25) is 4.79 Å². The minimum Gasteiger partial charge on any atom is -0.493 e. The highest BCUT2D eigenvalue weighted by Crippen LogP contribution is 2.30. The Morgan fingerprint density at radius 1 is 1.10 bits per heavy atom. The molecule has 0 saturated heterocycles. The lowest BCUT2D eigenvalue weighted by molar-refractivity contribution is -0.112. The average molecular weight is 416 g/mol. The number of aryl methyl sites for hydroxylation is 1. The summed E-state index contributed by atoms with van der Waals surface area (Å²) in [7, 11) is 1.48. The van der Waals surface area contributed by atoms with Crippen molar-refractivity contribution >= 4 is 17.7 Å². The van der Waals surface area contributed by atoms with Crippen LogP contribution in [0.4, 0.5) is 10.1 Å². The number of rotatable bonds is 7. The van der Waals surface area contributed by atoms with Crippen LogP contribution in [0.5, 0.6) is 11.5 Å². The van der Waals surface area contributed by atoms with E-state index in [2.05, 4.69) is 5.32 Å². The zero-order valence-corrected chi connectivity index (χ0v) is 17.2. The van der Waals surface area contributed by atoms with Gasteiger partial charge in [-0.05, 0) is 48.9 Å². The van der Waals surface area contributed by atoms with E-state index in [9.17, 15) is 14.4 Å². The van der Waals surface area contributed by atoms with E-state index in [-0.39, 0.29) is 18.0 Å². The highest BCUT2D eigenvalue weighted by atomic mass is 19.1.